The van der Waals surface area contributed by atoms with Gasteiger partial charge in [0, 0.05) is 51.4 Å². The molecule has 39 heavy (non-hydrogen) atoms. The number of imidazole rings is 1. The quantitative estimate of drug-likeness (QED) is 0.245. The summed E-state index contributed by atoms with van der Waals surface area (Å²) < 4.78 is 13.2. The van der Waals surface area contributed by atoms with Crippen LogP contribution in [0.3, 0.4) is 0 Å². The molecule has 0 radical (unpaired) electrons. The molecular weight excluding hydrogens is 490 g/mol. The number of hydrogen-bond donors (Lipinski definition) is 0. The van der Waals surface area contributed by atoms with Crippen molar-refractivity contribution < 1.29 is 14.0 Å². The molecule has 200 valence electrons. The van der Waals surface area contributed by atoms with E-state index in [1.807, 2.05) is 54.7 Å². The second kappa shape index (κ2) is 11.8. The number of morpholine rings is 1. The van der Waals surface area contributed by atoms with Gasteiger partial charge in [-0.1, -0.05) is 60.7 Å². The van der Waals surface area contributed by atoms with Gasteiger partial charge in [0.1, 0.15) is 11.5 Å². The van der Waals surface area contributed by atoms with Crippen LogP contribution in [0, 0.1) is 0 Å². The SMILES string of the molecule is CN(CCN1CCOCC1)Oc1c(Cc2ccco2)nc2c(Cc3ccccc3)nc(-c3ccccc3)cn12. The van der Waals surface area contributed by atoms with Crippen LogP contribution in [-0.2, 0) is 17.6 Å². The molecule has 0 spiro atoms. The molecule has 0 atom stereocenters. The molecule has 0 N–H and O–H groups in total. The second-order valence-electron chi connectivity index (χ2n) is 9.81. The molecule has 0 unspecified atom stereocenters. The lowest BCUT2D eigenvalue weighted by Crippen LogP contribution is -2.41. The van der Waals surface area contributed by atoms with E-state index in [1.54, 1.807) is 6.26 Å². The summed E-state index contributed by atoms with van der Waals surface area (Å²) in [5, 5.41) is 1.89. The van der Waals surface area contributed by atoms with Crippen LogP contribution in [-0.4, -0.2) is 70.8 Å². The zero-order valence-corrected chi connectivity index (χ0v) is 22.2. The summed E-state index contributed by atoms with van der Waals surface area (Å²) in [4.78, 5) is 19.1. The van der Waals surface area contributed by atoms with Crippen molar-refractivity contribution in [3.8, 4) is 17.1 Å². The molecule has 1 aliphatic rings. The summed E-state index contributed by atoms with van der Waals surface area (Å²) in [6, 6.07) is 24.5. The van der Waals surface area contributed by atoms with Gasteiger partial charge in [-0.25, -0.2) is 9.97 Å². The Bertz CT molecular complexity index is 1480. The molecule has 4 heterocycles. The molecule has 1 saturated heterocycles. The molecule has 0 aliphatic carbocycles. The predicted octanol–water partition coefficient (Wildman–Crippen LogP) is 4.73. The maximum absolute atomic E-state index is 6.54. The molecule has 2 aromatic carbocycles. The molecule has 1 fully saturated rings. The fourth-order valence-electron chi connectivity index (χ4n) is 4.88. The van der Waals surface area contributed by atoms with Crippen molar-refractivity contribution >= 4 is 5.65 Å². The molecule has 0 saturated carbocycles. The second-order valence-corrected chi connectivity index (χ2v) is 9.81. The van der Waals surface area contributed by atoms with Crippen molar-refractivity contribution in [1.82, 2.24) is 24.3 Å². The first kappa shape index (κ1) is 25.3. The first-order valence-corrected chi connectivity index (χ1v) is 13.4. The fraction of sp³-hybridized carbons (Fsp3) is 0.290. The number of rotatable bonds is 10. The van der Waals surface area contributed by atoms with E-state index in [9.17, 15) is 0 Å². The van der Waals surface area contributed by atoms with Gasteiger partial charge >= 0.3 is 0 Å². The Balaban J connectivity index is 1.40. The van der Waals surface area contributed by atoms with E-state index in [2.05, 4.69) is 45.7 Å². The maximum Gasteiger partial charge on any atom is 0.246 e. The number of nitrogens with zero attached hydrogens (tertiary/aromatic N) is 5. The number of furan rings is 1. The van der Waals surface area contributed by atoms with Gasteiger partial charge in [0.2, 0.25) is 5.88 Å². The molecule has 8 nitrogen and oxygen atoms in total. The zero-order valence-electron chi connectivity index (χ0n) is 22.2. The van der Waals surface area contributed by atoms with Gasteiger partial charge in [0.05, 0.1) is 37.3 Å². The number of fused-ring (bicyclic) bond motifs is 1. The number of ether oxygens (including phenoxy) is 1. The van der Waals surface area contributed by atoms with E-state index in [0.717, 1.165) is 73.4 Å². The Morgan fingerprint density at radius 1 is 0.872 bits per heavy atom. The normalized spacial score (nSPS) is 14.3. The van der Waals surface area contributed by atoms with Crippen molar-refractivity contribution in [3.63, 3.8) is 0 Å². The molecule has 6 rings (SSSR count). The Hall–Kier alpha value is -3.98. The standard InChI is InChI=1S/C31H33N5O3/c1-34(14-15-35-16-19-37-20-17-35)39-31-28(22-26-13-8-18-38-26)33-30-27(21-24-9-4-2-5-10-24)32-29(23-36(30)31)25-11-6-3-7-12-25/h2-13,18,23H,14-17,19-22H2,1H3. The third kappa shape index (κ3) is 6.04. The Kier molecular flexibility index (Phi) is 7.67. The van der Waals surface area contributed by atoms with Crippen LogP contribution < -0.4 is 4.84 Å². The highest BCUT2D eigenvalue weighted by Gasteiger charge is 2.22. The number of aromatic nitrogens is 3. The molecule has 0 bridgehead atoms. The van der Waals surface area contributed by atoms with Crippen LogP contribution in [0.4, 0.5) is 0 Å². The van der Waals surface area contributed by atoms with Gasteiger partial charge in [0.15, 0.2) is 5.65 Å². The van der Waals surface area contributed by atoms with Gasteiger partial charge in [-0.15, -0.1) is 5.06 Å². The van der Waals surface area contributed by atoms with Crippen molar-refractivity contribution in [2.24, 2.45) is 0 Å². The predicted molar refractivity (Wildman–Crippen MR) is 150 cm³/mol. The van der Waals surface area contributed by atoms with Crippen molar-refractivity contribution in [1.29, 1.82) is 0 Å². The first-order valence-electron chi connectivity index (χ1n) is 13.4. The highest BCUT2D eigenvalue weighted by Crippen LogP contribution is 2.29. The number of hydroxylamine groups is 2. The zero-order chi connectivity index (χ0) is 26.4. The largest absolute Gasteiger partial charge is 0.469 e. The number of benzene rings is 2. The lowest BCUT2D eigenvalue weighted by atomic mass is 10.1. The highest BCUT2D eigenvalue weighted by molar-refractivity contribution is 5.63. The minimum atomic E-state index is 0.521. The summed E-state index contributed by atoms with van der Waals surface area (Å²) in [7, 11) is 1.97. The minimum Gasteiger partial charge on any atom is -0.469 e. The van der Waals surface area contributed by atoms with Gasteiger partial charge in [-0.05, 0) is 17.7 Å². The van der Waals surface area contributed by atoms with E-state index >= 15 is 0 Å². The van der Waals surface area contributed by atoms with Crippen LogP contribution in [0.15, 0.2) is 89.7 Å². The Morgan fingerprint density at radius 2 is 1.64 bits per heavy atom. The topological polar surface area (TPSA) is 68.3 Å². The van der Waals surface area contributed by atoms with E-state index in [4.69, 9.17) is 24.0 Å². The molecule has 8 heteroatoms. The number of hydrogen-bond acceptors (Lipinski definition) is 7. The lowest BCUT2D eigenvalue weighted by molar-refractivity contribution is -0.0505. The third-order valence-corrected chi connectivity index (χ3v) is 6.98. The van der Waals surface area contributed by atoms with Gasteiger partial charge in [0.25, 0.3) is 0 Å². The average Bonchev–Trinajstić information content (AvgIpc) is 3.62. The van der Waals surface area contributed by atoms with Gasteiger partial charge in [-0.3, -0.25) is 9.30 Å². The first-order chi connectivity index (χ1) is 19.2. The summed E-state index contributed by atoms with van der Waals surface area (Å²) in [5.74, 6) is 1.51. The van der Waals surface area contributed by atoms with Crippen molar-refractivity contribution in [2.75, 3.05) is 46.4 Å². The van der Waals surface area contributed by atoms with E-state index in [0.29, 0.717) is 18.7 Å². The smallest absolute Gasteiger partial charge is 0.246 e. The lowest BCUT2D eigenvalue weighted by Gasteiger charge is -2.28. The molecule has 0 amide bonds. The number of likely N-dealkylation sites (N-methyl/N-ethyl adjacent to an activating group) is 1. The maximum atomic E-state index is 6.54. The minimum absolute atomic E-state index is 0.521. The monoisotopic (exact) mass is 523 g/mol. The average molecular weight is 524 g/mol. The molecular formula is C31H33N5O3. The molecule has 5 aromatic rings. The van der Waals surface area contributed by atoms with Crippen LogP contribution in [0.5, 0.6) is 5.88 Å². The van der Waals surface area contributed by atoms with Gasteiger partial charge in [-0.2, -0.15) is 0 Å². The van der Waals surface area contributed by atoms with Crippen LogP contribution >= 0.6 is 0 Å². The van der Waals surface area contributed by atoms with E-state index in [1.165, 1.54) is 5.56 Å². The molecule has 1 aliphatic heterocycles. The Labute approximate surface area is 228 Å². The van der Waals surface area contributed by atoms with Crippen LogP contribution in [0.2, 0.25) is 0 Å². The summed E-state index contributed by atoms with van der Waals surface area (Å²) in [6.07, 6.45) is 4.90. The molecule has 3 aromatic heterocycles. The summed E-state index contributed by atoms with van der Waals surface area (Å²) in [6.45, 7) is 5.11. The van der Waals surface area contributed by atoms with Crippen LogP contribution in [0.25, 0.3) is 16.9 Å². The fourth-order valence-corrected chi connectivity index (χ4v) is 4.88. The van der Waals surface area contributed by atoms with Crippen molar-refractivity contribution in [2.45, 2.75) is 12.8 Å². The van der Waals surface area contributed by atoms with Crippen molar-refractivity contribution in [3.05, 3.63) is 108 Å². The summed E-state index contributed by atoms with van der Waals surface area (Å²) >= 11 is 0. The highest BCUT2D eigenvalue weighted by atomic mass is 16.7. The Morgan fingerprint density at radius 3 is 2.38 bits per heavy atom. The van der Waals surface area contributed by atoms with E-state index < -0.39 is 0 Å². The summed E-state index contributed by atoms with van der Waals surface area (Å²) in [5.41, 5.74) is 5.59. The van der Waals surface area contributed by atoms with E-state index in [-0.39, 0.29) is 0 Å². The van der Waals surface area contributed by atoms with Crippen LogP contribution in [0.1, 0.15) is 22.7 Å². The third-order valence-electron chi connectivity index (χ3n) is 6.98. The van der Waals surface area contributed by atoms with Gasteiger partial charge < -0.3 is 14.0 Å².